The molecular weight excluding hydrogens is 258 g/mol. The standard InChI is InChI=1S/C9H7BrF2O2/c10-6-2-7(11)8(12)5-1-4(3-13)14-9(5)6/h2,4,13H,1,3H2. The maximum Gasteiger partial charge on any atom is 0.165 e. The molecule has 0 radical (unpaired) electrons. The highest BCUT2D eigenvalue weighted by Crippen LogP contribution is 2.38. The van der Waals surface area contributed by atoms with Crippen molar-refractivity contribution < 1.29 is 18.6 Å². The zero-order valence-electron chi connectivity index (χ0n) is 7.06. The normalized spacial score (nSPS) is 19.3. The van der Waals surface area contributed by atoms with E-state index in [1.165, 1.54) is 0 Å². The molecule has 5 heteroatoms. The number of hydrogen-bond acceptors (Lipinski definition) is 2. The monoisotopic (exact) mass is 264 g/mol. The third-order valence-corrected chi connectivity index (χ3v) is 2.73. The summed E-state index contributed by atoms with van der Waals surface area (Å²) in [6.07, 6.45) is -0.272. The van der Waals surface area contributed by atoms with Crippen molar-refractivity contribution >= 4 is 15.9 Å². The smallest absolute Gasteiger partial charge is 0.165 e. The second kappa shape index (κ2) is 3.47. The molecule has 0 aromatic heterocycles. The highest BCUT2D eigenvalue weighted by Gasteiger charge is 2.29. The Labute approximate surface area is 87.6 Å². The van der Waals surface area contributed by atoms with Crippen molar-refractivity contribution in [2.45, 2.75) is 12.5 Å². The first-order valence-electron chi connectivity index (χ1n) is 4.07. The van der Waals surface area contributed by atoms with Crippen LogP contribution in [0.5, 0.6) is 5.75 Å². The minimum absolute atomic E-state index is 0.191. The van der Waals surface area contributed by atoms with Gasteiger partial charge in [-0.15, -0.1) is 0 Å². The molecule has 0 fully saturated rings. The number of rotatable bonds is 1. The fourth-order valence-electron chi connectivity index (χ4n) is 1.48. The first-order chi connectivity index (χ1) is 6.63. The lowest BCUT2D eigenvalue weighted by Crippen LogP contribution is -2.17. The Kier molecular flexibility index (Phi) is 2.45. The van der Waals surface area contributed by atoms with Gasteiger partial charge < -0.3 is 9.84 Å². The molecule has 1 atom stereocenters. The molecule has 1 aromatic rings. The van der Waals surface area contributed by atoms with Crippen LogP contribution >= 0.6 is 15.9 Å². The summed E-state index contributed by atoms with van der Waals surface area (Å²) in [6.45, 7) is -0.206. The molecule has 2 nitrogen and oxygen atoms in total. The Morgan fingerprint density at radius 3 is 2.93 bits per heavy atom. The van der Waals surface area contributed by atoms with Crippen LogP contribution in [0, 0.1) is 11.6 Å². The number of fused-ring (bicyclic) bond motifs is 1. The van der Waals surface area contributed by atoms with Gasteiger partial charge in [0.05, 0.1) is 11.1 Å². The Balaban J connectivity index is 2.50. The van der Waals surface area contributed by atoms with Crippen molar-refractivity contribution in [3.63, 3.8) is 0 Å². The van der Waals surface area contributed by atoms with Crippen molar-refractivity contribution in [3.05, 3.63) is 27.7 Å². The van der Waals surface area contributed by atoms with Crippen molar-refractivity contribution in [3.8, 4) is 5.75 Å². The number of aliphatic hydroxyl groups excluding tert-OH is 1. The minimum atomic E-state index is -0.905. The van der Waals surface area contributed by atoms with Gasteiger partial charge in [0, 0.05) is 12.0 Å². The van der Waals surface area contributed by atoms with Crippen LogP contribution in [0.2, 0.25) is 0 Å². The lowest BCUT2D eigenvalue weighted by molar-refractivity contribution is 0.134. The van der Waals surface area contributed by atoms with Gasteiger partial charge in [-0.05, 0) is 22.0 Å². The maximum atomic E-state index is 13.2. The van der Waals surface area contributed by atoms with E-state index >= 15 is 0 Å². The zero-order valence-corrected chi connectivity index (χ0v) is 8.64. The average Bonchev–Trinajstić information content (AvgIpc) is 2.58. The predicted molar refractivity (Wildman–Crippen MR) is 49.3 cm³/mol. The second-order valence-electron chi connectivity index (χ2n) is 3.09. The van der Waals surface area contributed by atoms with Gasteiger partial charge in [0.1, 0.15) is 11.9 Å². The summed E-state index contributed by atoms with van der Waals surface area (Å²) in [7, 11) is 0. The molecule has 2 rings (SSSR count). The topological polar surface area (TPSA) is 29.5 Å². The van der Waals surface area contributed by atoms with E-state index in [0.717, 1.165) is 6.07 Å². The summed E-state index contributed by atoms with van der Waals surface area (Å²) in [6, 6.07) is 1.02. The number of aliphatic hydroxyl groups is 1. The van der Waals surface area contributed by atoms with Crippen LogP contribution in [0.15, 0.2) is 10.5 Å². The van der Waals surface area contributed by atoms with Gasteiger partial charge in [0.25, 0.3) is 0 Å². The second-order valence-corrected chi connectivity index (χ2v) is 3.94. The van der Waals surface area contributed by atoms with Crippen molar-refractivity contribution in [1.29, 1.82) is 0 Å². The largest absolute Gasteiger partial charge is 0.486 e. The molecule has 1 aliphatic rings. The van der Waals surface area contributed by atoms with Gasteiger partial charge in [-0.2, -0.15) is 0 Å². The molecular formula is C9H7BrF2O2. The average molecular weight is 265 g/mol. The van der Waals surface area contributed by atoms with Gasteiger partial charge in [-0.1, -0.05) is 0 Å². The number of halogens is 3. The van der Waals surface area contributed by atoms with E-state index in [9.17, 15) is 8.78 Å². The lowest BCUT2D eigenvalue weighted by Gasteiger charge is -2.06. The maximum absolute atomic E-state index is 13.2. The summed E-state index contributed by atoms with van der Waals surface area (Å²) >= 11 is 3.08. The molecule has 0 aliphatic carbocycles. The lowest BCUT2D eigenvalue weighted by atomic mass is 10.1. The first-order valence-corrected chi connectivity index (χ1v) is 4.86. The summed E-state index contributed by atoms with van der Waals surface area (Å²) in [5.41, 5.74) is 0.191. The summed E-state index contributed by atoms with van der Waals surface area (Å²) in [4.78, 5) is 0. The highest BCUT2D eigenvalue weighted by molar-refractivity contribution is 9.10. The van der Waals surface area contributed by atoms with Crippen LogP contribution in [-0.2, 0) is 6.42 Å². The molecule has 1 N–H and O–H groups in total. The van der Waals surface area contributed by atoms with Crippen LogP contribution in [0.25, 0.3) is 0 Å². The first kappa shape index (κ1) is 9.86. The number of hydrogen-bond donors (Lipinski definition) is 1. The van der Waals surface area contributed by atoms with Gasteiger partial charge in [-0.25, -0.2) is 8.78 Å². The van der Waals surface area contributed by atoms with Crippen LogP contribution < -0.4 is 4.74 Å². The Morgan fingerprint density at radius 2 is 2.29 bits per heavy atom. The molecule has 76 valence electrons. The number of ether oxygens (including phenoxy) is 1. The Bertz CT molecular complexity index is 382. The Hall–Kier alpha value is -0.680. The van der Waals surface area contributed by atoms with Crippen LogP contribution in [0.1, 0.15) is 5.56 Å². The molecule has 0 amide bonds. The third kappa shape index (κ3) is 1.40. The molecule has 0 saturated carbocycles. The molecule has 14 heavy (non-hydrogen) atoms. The Morgan fingerprint density at radius 1 is 1.57 bits per heavy atom. The van der Waals surface area contributed by atoms with Gasteiger partial charge in [0.2, 0.25) is 0 Å². The van der Waals surface area contributed by atoms with E-state index in [0.29, 0.717) is 10.2 Å². The minimum Gasteiger partial charge on any atom is -0.486 e. The summed E-state index contributed by atoms with van der Waals surface area (Å²) in [5, 5.41) is 8.83. The molecule has 1 heterocycles. The van der Waals surface area contributed by atoms with Gasteiger partial charge in [-0.3, -0.25) is 0 Å². The molecule has 1 unspecified atom stereocenters. The fraction of sp³-hybridized carbons (Fsp3) is 0.333. The molecule has 0 bridgehead atoms. The van der Waals surface area contributed by atoms with E-state index in [2.05, 4.69) is 15.9 Å². The van der Waals surface area contributed by atoms with Gasteiger partial charge in [0.15, 0.2) is 11.6 Å². The van der Waals surface area contributed by atoms with Crippen molar-refractivity contribution in [1.82, 2.24) is 0 Å². The zero-order chi connectivity index (χ0) is 10.3. The van der Waals surface area contributed by atoms with Crippen LogP contribution in [-0.4, -0.2) is 17.8 Å². The van der Waals surface area contributed by atoms with E-state index in [-0.39, 0.29) is 18.6 Å². The fourth-order valence-corrected chi connectivity index (χ4v) is 2.01. The molecule has 1 aromatic carbocycles. The van der Waals surface area contributed by atoms with Crippen LogP contribution in [0.3, 0.4) is 0 Å². The van der Waals surface area contributed by atoms with Crippen molar-refractivity contribution in [2.75, 3.05) is 6.61 Å². The van der Waals surface area contributed by atoms with E-state index in [1.54, 1.807) is 0 Å². The molecule has 1 aliphatic heterocycles. The van der Waals surface area contributed by atoms with Crippen LogP contribution in [0.4, 0.5) is 8.78 Å². The number of benzene rings is 1. The molecule has 0 spiro atoms. The SMILES string of the molecule is OCC1Cc2c(F)c(F)cc(Br)c2O1. The van der Waals surface area contributed by atoms with E-state index in [1.807, 2.05) is 0 Å². The van der Waals surface area contributed by atoms with Gasteiger partial charge >= 0.3 is 0 Å². The van der Waals surface area contributed by atoms with E-state index in [4.69, 9.17) is 9.84 Å². The summed E-state index contributed by atoms with van der Waals surface area (Å²) in [5.74, 6) is -1.50. The third-order valence-electron chi connectivity index (χ3n) is 2.14. The van der Waals surface area contributed by atoms with E-state index < -0.39 is 17.7 Å². The predicted octanol–water partition coefficient (Wildman–Crippen LogP) is 2.02. The summed E-state index contributed by atoms with van der Waals surface area (Å²) < 4.78 is 31.8. The molecule has 0 saturated heterocycles. The highest BCUT2D eigenvalue weighted by atomic mass is 79.9. The quantitative estimate of drug-likeness (QED) is 0.787. The van der Waals surface area contributed by atoms with Crippen molar-refractivity contribution in [2.24, 2.45) is 0 Å².